The number of hydrogen-bond acceptors (Lipinski definition) is 3. The Balaban J connectivity index is 1.72. The first-order chi connectivity index (χ1) is 12.8. The number of aromatic amines is 1. The number of benzene rings is 2. The molecule has 0 spiro atoms. The Labute approximate surface area is 153 Å². The van der Waals surface area contributed by atoms with Crippen LogP contribution in [-0.2, 0) is 6.42 Å². The van der Waals surface area contributed by atoms with Crippen LogP contribution in [0.4, 0.5) is 0 Å². The molecule has 1 atom stereocenters. The van der Waals surface area contributed by atoms with Gasteiger partial charge >= 0.3 is 0 Å². The monoisotopic (exact) mass is 349 g/mol. The second-order valence-electron chi connectivity index (χ2n) is 6.05. The number of hydrogen-bond donors (Lipinski definition) is 2. The van der Waals surface area contributed by atoms with Crippen LogP contribution in [-0.4, -0.2) is 22.5 Å². The van der Waals surface area contributed by atoms with Crippen LogP contribution in [0.3, 0.4) is 0 Å². The van der Waals surface area contributed by atoms with E-state index in [2.05, 4.69) is 22.2 Å². The van der Waals surface area contributed by atoms with Crippen LogP contribution in [0, 0.1) is 0 Å². The van der Waals surface area contributed by atoms with Gasteiger partial charge < -0.3 is 15.0 Å². The summed E-state index contributed by atoms with van der Waals surface area (Å²) in [6.07, 6.45) is 5.05. The Hall–Kier alpha value is -3.08. The van der Waals surface area contributed by atoms with Crippen molar-refractivity contribution in [2.45, 2.75) is 25.8 Å². The van der Waals surface area contributed by atoms with Crippen molar-refractivity contribution in [3.05, 3.63) is 83.9 Å². The minimum absolute atomic E-state index is 0.118. The van der Waals surface area contributed by atoms with E-state index in [0.29, 0.717) is 18.6 Å². The van der Waals surface area contributed by atoms with Crippen LogP contribution in [0.2, 0.25) is 0 Å². The second kappa shape index (κ2) is 8.85. The van der Waals surface area contributed by atoms with E-state index in [4.69, 9.17) is 4.74 Å². The van der Waals surface area contributed by atoms with E-state index in [9.17, 15) is 4.79 Å². The van der Waals surface area contributed by atoms with Crippen molar-refractivity contribution in [3.63, 3.8) is 0 Å². The molecule has 1 amide bonds. The predicted octanol–water partition coefficient (Wildman–Crippen LogP) is 3.91. The number of nitrogens with one attached hydrogen (secondary N) is 2. The zero-order chi connectivity index (χ0) is 18.2. The fourth-order valence-electron chi connectivity index (χ4n) is 2.70. The largest absolute Gasteiger partial charge is 0.494 e. The smallest absolute Gasteiger partial charge is 0.251 e. The van der Waals surface area contributed by atoms with E-state index in [1.165, 1.54) is 0 Å². The third kappa shape index (κ3) is 4.72. The van der Waals surface area contributed by atoms with Gasteiger partial charge in [0, 0.05) is 24.4 Å². The fourth-order valence-corrected chi connectivity index (χ4v) is 2.70. The highest BCUT2D eigenvalue weighted by molar-refractivity contribution is 5.94. The number of rotatable bonds is 8. The maximum atomic E-state index is 12.7. The minimum Gasteiger partial charge on any atom is -0.494 e. The number of aromatic nitrogens is 2. The van der Waals surface area contributed by atoms with Crippen LogP contribution in [0.15, 0.2) is 67.0 Å². The van der Waals surface area contributed by atoms with Crippen LogP contribution in [0.25, 0.3) is 0 Å². The molecule has 0 saturated heterocycles. The van der Waals surface area contributed by atoms with Gasteiger partial charge in [0.05, 0.1) is 12.6 Å². The molecular formula is C21H23N3O2. The highest BCUT2D eigenvalue weighted by Gasteiger charge is 2.17. The Morgan fingerprint density at radius 1 is 1.15 bits per heavy atom. The Kier molecular flexibility index (Phi) is 6.04. The molecule has 134 valence electrons. The van der Waals surface area contributed by atoms with Gasteiger partial charge in [-0.3, -0.25) is 4.79 Å². The lowest BCUT2D eigenvalue weighted by molar-refractivity contribution is 0.0936. The average molecular weight is 349 g/mol. The number of nitrogens with zero attached hydrogens (tertiary/aromatic N) is 1. The lowest BCUT2D eigenvalue weighted by Gasteiger charge is -2.18. The second-order valence-corrected chi connectivity index (χ2v) is 6.05. The first-order valence-corrected chi connectivity index (χ1v) is 8.83. The molecule has 0 aliphatic heterocycles. The number of amides is 1. The van der Waals surface area contributed by atoms with E-state index in [0.717, 1.165) is 23.6 Å². The van der Waals surface area contributed by atoms with Crippen molar-refractivity contribution in [2.75, 3.05) is 6.61 Å². The minimum atomic E-state index is -0.161. The van der Waals surface area contributed by atoms with Crippen molar-refractivity contribution in [1.82, 2.24) is 15.3 Å². The lowest BCUT2D eigenvalue weighted by Crippen LogP contribution is -2.30. The van der Waals surface area contributed by atoms with Gasteiger partial charge in [-0.15, -0.1) is 0 Å². The molecule has 5 nitrogen and oxygen atoms in total. The quantitative estimate of drug-likeness (QED) is 0.648. The molecule has 3 rings (SSSR count). The molecule has 26 heavy (non-hydrogen) atoms. The highest BCUT2D eigenvalue weighted by atomic mass is 16.5. The summed E-state index contributed by atoms with van der Waals surface area (Å²) in [6.45, 7) is 2.73. The molecule has 0 bridgehead atoms. The Morgan fingerprint density at radius 3 is 2.58 bits per heavy atom. The van der Waals surface area contributed by atoms with Gasteiger partial charge in [0.25, 0.3) is 5.91 Å². The summed E-state index contributed by atoms with van der Waals surface area (Å²) in [7, 11) is 0. The average Bonchev–Trinajstić information content (AvgIpc) is 3.20. The molecule has 0 aliphatic carbocycles. The summed E-state index contributed by atoms with van der Waals surface area (Å²) >= 11 is 0. The topological polar surface area (TPSA) is 67.0 Å². The van der Waals surface area contributed by atoms with E-state index in [1.54, 1.807) is 24.5 Å². The van der Waals surface area contributed by atoms with Crippen molar-refractivity contribution in [1.29, 1.82) is 0 Å². The molecule has 0 radical (unpaired) electrons. The summed E-state index contributed by atoms with van der Waals surface area (Å²) < 4.78 is 5.57. The molecule has 3 aromatic rings. The summed E-state index contributed by atoms with van der Waals surface area (Å²) in [5.41, 5.74) is 1.65. The molecule has 1 unspecified atom stereocenters. The number of ether oxygens (including phenoxy) is 1. The number of imidazole rings is 1. The van der Waals surface area contributed by atoms with E-state index in [-0.39, 0.29) is 11.9 Å². The van der Waals surface area contributed by atoms with Crippen molar-refractivity contribution >= 4 is 5.91 Å². The third-order valence-electron chi connectivity index (χ3n) is 4.05. The van der Waals surface area contributed by atoms with Gasteiger partial charge in [-0.25, -0.2) is 4.98 Å². The Morgan fingerprint density at radius 2 is 1.92 bits per heavy atom. The maximum Gasteiger partial charge on any atom is 0.251 e. The number of H-pyrrole nitrogens is 1. The highest BCUT2D eigenvalue weighted by Crippen LogP contribution is 2.18. The van der Waals surface area contributed by atoms with Crippen molar-refractivity contribution < 1.29 is 9.53 Å². The molecular weight excluding hydrogens is 326 g/mol. The molecule has 2 N–H and O–H groups in total. The summed E-state index contributed by atoms with van der Waals surface area (Å²) in [6, 6.07) is 17.0. The molecule has 0 aliphatic rings. The van der Waals surface area contributed by atoms with Crippen LogP contribution >= 0.6 is 0 Å². The number of carbonyl (C=O) groups is 1. The standard InChI is InChI=1S/C21H23N3O2/c1-2-14-26-18-10-8-17(9-11-18)21(25)24-19(15-20-22-12-13-23-20)16-6-4-3-5-7-16/h3-13,19H,2,14-15H2,1H3,(H,22,23)(H,24,25). The van der Waals surface area contributed by atoms with Crippen molar-refractivity contribution in [2.24, 2.45) is 0 Å². The fraction of sp³-hybridized carbons (Fsp3) is 0.238. The first kappa shape index (κ1) is 17.7. The molecule has 2 aromatic carbocycles. The normalized spacial score (nSPS) is 11.7. The van der Waals surface area contributed by atoms with Gasteiger partial charge in [0.2, 0.25) is 0 Å². The summed E-state index contributed by atoms with van der Waals surface area (Å²) in [4.78, 5) is 20.1. The zero-order valence-corrected chi connectivity index (χ0v) is 14.8. The first-order valence-electron chi connectivity index (χ1n) is 8.83. The molecule has 1 aromatic heterocycles. The molecule has 0 fully saturated rings. The van der Waals surface area contributed by atoms with Gasteiger partial charge in [0.1, 0.15) is 11.6 Å². The molecule has 1 heterocycles. The zero-order valence-electron chi connectivity index (χ0n) is 14.8. The van der Waals surface area contributed by atoms with E-state index < -0.39 is 0 Å². The van der Waals surface area contributed by atoms with Gasteiger partial charge in [-0.2, -0.15) is 0 Å². The van der Waals surface area contributed by atoms with Crippen LogP contribution < -0.4 is 10.1 Å². The van der Waals surface area contributed by atoms with Gasteiger partial charge in [0.15, 0.2) is 0 Å². The van der Waals surface area contributed by atoms with Crippen LogP contribution in [0.1, 0.15) is 41.1 Å². The SMILES string of the molecule is CCCOc1ccc(C(=O)NC(Cc2ncc[nH]2)c2ccccc2)cc1. The van der Waals surface area contributed by atoms with Gasteiger partial charge in [-0.1, -0.05) is 37.3 Å². The summed E-state index contributed by atoms with van der Waals surface area (Å²) in [5.74, 6) is 1.49. The lowest BCUT2D eigenvalue weighted by atomic mass is 10.0. The van der Waals surface area contributed by atoms with E-state index >= 15 is 0 Å². The van der Waals surface area contributed by atoms with Crippen molar-refractivity contribution in [3.8, 4) is 5.75 Å². The van der Waals surface area contributed by atoms with E-state index in [1.807, 2.05) is 42.5 Å². The Bertz CT molecular complexity index is 799. The molecule has 5 heteroatoms. The van der Waals surface area contributed by atoms with Gasteiger partial charge in [-0.05, 0) is 36.2 Å². The summed E-state index contributed by atoms with van der Waals surface area (Å²) in [5, 5.41) is 3.11. The predicted molar refractivity (Wildman–Crippen MR) is 101 cm³/mol. The number of carbonyl (C=O) groups excluding carboxylic acids is 1. The third-order valence-corrected chi connectivity index (χ3v) is 4.05. The van der Waals surface area contributed by atoms with Crippen LogP contribution in [0.5, 0.6) is 5.75 Å². The molecule has 0 saturated carbocycles. The maximum absolute atomic E-state index is 12.7.